The van der Waals surface area contributed by atoms with Gasteiger partial charge in [0.25, 0.3) is 0 Å². The predicted molar refractivity (Wildman–Crippen MR) is 76.5 cm³/mol. The smallest absolute Gasteiger partial charge is 0.422 e. The number of carboxylic acids is 1. The molecule has 1 aliphatic carbocycles. The van der Waals surface area contributed by atoms with Gasteiger partial charge in [-0.3, -0.25) is 9.89 Å². The summed E-state index contributed by atoms with van der Waals surface area (Å²) in [5, 5.41) is 15.8. The number of fused-ring (bicyclic) bond motifs is 1. The minimum Gasteiger partial charge on any atom is -0.481 e. The minimum absolute atomic E-state index is 0.0431. The predicted octanol–water partition coefficient (Wildman–Crippen LogP) is 2.74. The summed E-state index contributed by atoms with van der Waals surface area (Å²) in [7, 11) is 0. The van der Waals surface area contributed by atoms with E-state index in [1.807, 2.05) is 0 Å². The van der Waals surface area contributed by atoms with E-state index in [9.17, 15) is 22.4 Å². The number of alkyl halides is 3. The van der Waals surface area contributed by atoms with Crippen molar-refractivity contribution >= 4 is 5.97 Å². The number of carbonyl (C=O) groups is 1. The Bertz CT molecular complexity index is 804. The second-order valence-corrected chi connectivity index (χ2v) is 5.71. The van der Waals surface area contributed by atoms with E-state index in [-0.39, 0.29) is 23.6 Å². The van der Waals surface area contributed by atoms with Gasteiger partial charge in [0.1, 0.15) is 0 Å². The van der Waals surface area contributed by atoms with Gasteiger partial charge in [0.05, 0.1) is 17.8 Å². The van der Waals surface area contributed by atoms with E-state index in [0.717, 1.165) is 12.3 Å². The number of ether oxygens (including phenoxy) is 1. The van der Waals surface area contributed by atoms with Crippen molar-refractivity contribution in [1.82, 2.24) is 15.2 Å². The van der Waals surface area contributed by atoms with Gasteiger partial charge in [0.15, 0.2) is 12.4 Å². The Morgan fingerprint density at radius 2 is 2.20 bits per heavy atom. The van der Waals surface area contributed by atoms with Crippen LogP contribution >= 0.6 is 0 Å². The number of aromatic amines is 1. The van der Waals surface area contributed by atoms with Crippen LogP contribution in [0, 0.1) is 11.7 Å². The summed E-state index contributed by atoms with van der Waals surface area (Å²) in [6.07, 6.45) is -2.78. The molecule has 0 fully saturated rings. The highest BCUT2D eigenvalue weighted by Gasteiger charge is 2.30. The number of nitrogens with zero attached hydrogens (tertiary/aromatic N) is 2. The molecule has 0 radical (unpaired) electrons. The van der Waals surface area contributed by atoms with E-state index < -0.39 is 30.5 Å². The first-order valence-corrected chi connectivity index (χ1v) is 7.39. The molecule has 1 unspecified atom stereocenters. The molecule has 0 saturated carbocycles. The topological polar surface area (TPSA) is 88.1 Å². The van der Waals surface area contributed by atoms with Crippen LogP contribution in [0.1, 0.15) is 17.7 Å². The van der Waals surface area contributed by atoms with Crippen molar-refractivity contribution < 1.29 is 32.2 Å². The summed E-state index contributed by atoms with van der Waals surface area (Å²) in [6.45, 7) is -1.54. The molecular weight excluding hydrogens is 346 g/mol. The summed E-state index contributed by atoms with van der Waals surface area (Å²) in [5.74, 6) is -2.59. The standard InChI is InChI=1S/C15H13F4N3O3/c16-10-5-20-12(25-6-15(17,18)19)4-9(10)13-8-2-1-7(14(23)24)3-11(8)21-22-13/h4-5,7H,1-3,6H2,(H,21,22)(H,23,24). The van der Waals surface area contributed by atoms with Gasteiger partial charge in [-0.25, -0.2) is 9.37 Å². The normalized spacial score (nSPS) is 17.2. The Morgan fingerprint density at radius 3 is 2.88 bits per heavy atom. The number of carboxylic acid groups (broad SMARTS) is 1. The van der Waals surface area contributed by atoms with Crippen LogP contribution in [0.3, 0.4) is 0 Å². The van der Waals surface area contributed by atoms with Crippen LogP contribution in [0.5, 0.6) is 5.88 Å². The molecule has 134 valence electrons. The van der Waals surface area contributed by atoms with Crippen LogP contribution in [0.4, 0.5) is 17.6 Å². The quantitative estimate of drug-likeness (QED) is 0.820. The number of rotatable bonds is 4. The van der Waals surface area contributed by atoms with E-state index in [1.54, 1.807) is 0 Å². The van der Waals surface area contributed by atoms with Gasteiger partial charge in [-0.15, -0.1) is 0 Å². The lowest BCUT2D eigenvalue weighted by Gasteiger charge is -2.18. The van der Waals surface area contributed by atoms with Gasteiger partial charge in [0, 0.05) is 29.3 Å². The van der Waals surface area contributed by atoms with E-state index in [2.05, 4.69) is 19.9 Å². The van der Waals surface area contributed by atoms with Crippen LogP contribution in [0.15, 0.2) is 12.3 Å². The Hall–Kier alpha value is -2.65. The molecule has 25 heavy (non-hydrogen) atoms. The first kappa shape index (κ1) is 17.2. The lowest BCUT2D eigenvalue weighted by atomic mass is 9.86. The number of hydrogen-bond acceptors (Lipinski definition) is 4. The number of aliphatic carboxylic acids is 1. The zero-order valence-electron chi connectivity index (χ0n) is 12.7. The molecule has 6 nitrogen and oxygen atoms in total. The molecular formula is C15H13F4N3O3. The molecule has 3 rings (SSSR count). The van der Waals surface area contributed by atoms with Crippen molar-refractivity contribution in [2.45, 2.75) is 25.4 Å². The van der Waals surface area contributed by atoms with Crippen LogP contribution in [0.2, 0.25) is 0 Å². The number of aromatic nitrogens is 3. The summed E-state index contributed by atoms with van der Waals surface area (Å²) >= 11 is 0. The molecule has 0 amide bonds. The van der Waals surface area contributed by atoms with Crippen molar-refractivity contribution in [1.29, 1.82) is 0 Å². The second-order valence-electron chi connectivity index (χ2n) is 5.71. The molecule has 0 spiro atoms. The van der Waals surface area contributed by atoms with E-state index in [1.165, 1.54) is 0 Å². The average Bonchev–Trinajstić information content (AvgIpc) is 2.96. The second kappa shape index (κ2) is 6.34. The summed E-state index contributed by atoms with van der Waals surface area (Å²) < 4.78 is 55.3. The zero-order chi connectivity index (χ0) is 18.2. The zero-order valence-corrected chi connectivity index (χ0v) is 12.7. The van der Waals surface area contributed by atoms with Gasteiger partial charge in [-0.2, -0.15) is 18.3 Å². The maximum absolute atomic E-state index is 14.1. The van der Waals surface area contributed by atoms with Gasteiger partial charge in [-0.1, -0.05) is 0 Å². The fourth-order valence-corrected chi connectivity index (χ4v) is 2.78. The van der Waals surface area contributed by atoms with Crippen molar-refractivity contribution in [3.8, 4) is 17.1 Å². The highest BCUT2D eigenvalue weighted by molar-refractivity contribution is 5.72. The number of halogens is 4. The SMILES string of the molecule is O=C(O)C1CCc2c(-c3cc(OCC(F)(F)F)ncc3F)n[nH]c2C1. The van der Waals surface area contributed by atoms with Gasteiger partial charge in [0.2, 0.25) is 5.88 Å². The first-order chi connectivity index (χ1) is 11.7. The molecule has 0 saturated heterocycles. The van der Waals surface area contributed by atoms with E-state index >= 15 is 0 Å². The van der Waals surface area contributed by atoms with Gasteiger partial charge < -0.3 is 9.84 Å². The van der Waals surface area contributed by atoms with Crippen LogP contribution in [0.25, 0.3) is 11.3 Å². The summed E-state index contributed by atoms with van der Waals surface area (Å²) in [5.41, 5.74) is 1.43. The monoisotopic (exact) mass is 359 g/mol. The largest absolute Gasteiger partial charge is 0.481 e. The van der Waals surface area contributed by atoms with Crippen LogP contribution in [-0.4, -0.2) is 39.0 Å². The molecule has 0 aromatic carbocycles. The fraction of sp³-hybridized carbons (Fsp3) is 0.400. The molecule has 10 heteroatoms. The van der Waals surface area contributed by atoms with Crippen LogP contribution in [-0.2, 0) is 17.6 Å². The Balaban J connectivity index is 1.89. The third-order valence-corrected chi connectivity index (χ3v) is 3.96. The number of pyridine rings is 1. The van der Waals surface area contributed by atoms with Gasteiger partial charge in [-0.05, 0) is 12.8 Å². The van der Waals surface area contributed by atoms with Crippen molar-refractivity contribution in [3.63, 3.8) is 0 Å². The number of nitrogens with one attached hydrogen (secondary N) is 1. The maximum atomic E-state index is 14.1. The fourth-order valence-electron chi connectivity index (χ4n) is 2.78. The molecule has 1 atom stereocenters. The summed E-state index contributed by atoms with van der Waals surface area (Å²) in [4.78, 5) is 14.6. The average molecular weight is 359 g/mol. The molecule has 2 aromatic heterocycles. The Labute approximate surface area is 138 Å². The first-order valence-electron chi connectivity index (χ1n) is 7.39. The third-order valence-electron chi connectivity index (χ3n) is 3.96. The van der Waals surface area contributed by atoms with Crippen LogP contribution < -0.4 is 4.74 Å². The Kier molecular flexibility index (Phi) is 4.36. The van der Waals surface area contributed by atoms with Crippen molar-refractivity contribution in [2.24, 2.45) is 5.92 Å². The Morgan fingerprint density at radius 1 is 1.44 bits per heavy atom. The highest BCUT2D eigenvalue weighted by Crippen LogP contribution is 2.34. The third kappa shape index (κ3) is 3.72. The molecule has 2 aromatic rings. The van der Waals surface area contributed by atoms with E-state index in [4.69, 9.17) is 5.11 Å². The number of H-pyrrole nitrogens is 1. The molecule has 0 aliphatic heterocycles. The molecule has 0 bridgehead atoms. The minimum atomic E-state index is -4.53. The summed E-state index contributed by atoms with van der Waals surface area (Å²) in [6, 6.07) is 1.06. The van der Waals surface area contributed by atoms with Crippen molar-refractivity contribution in [3.05, 3.63) is 29.3 Å². The lowest BCUT2D eigenvalue weighted by Crippen LogP contribution is -2.22. The molecule has 2 N–H and O–H groups in total. The number of hydrogen-bond donors (Lipinski definition) is 2. The van der Waals surface area contributed by atoms with Gasteiger partial charge >= 0.3 is 12.1 Å². The highest BCUT2D eigenvalue weighted by atomic mass is 19.4. The molecule has 1 aliphatic rings. The van der Waals surface area contributed by atoms with Crippen molar-refractivity contribution in [2.75, 3.05) is 6.61 Å². The lowest BCUT2D eigenvalue weighted by molar-refractivity contribution is -0.154. The molecule has 2 heterocycles. The maximum Gasteiger partial charge on any atom is 0.422 e. The van der Waals surface area contributed by atoms with E-state index in [0.29, 0.717) is 24.1 Å².